The first-order valence-electron chi connectivity index (χ1n) is 8.59. The molecule has 26 heavy (non-hydrogen) atoms. The molecule has 0 bridgehead atoms. The van der Waals surface area contributed by atoms with E-state index >= 15 is 0 Å². The van der Waals surface area contributed by atoms with Crippen molar-refractivity contribution in [1.29, 1.82) is 0 Å². The van der Waals surface area contributed by atoms with Crippen molar-refractivity contribution in [3.8, 4) is 5.69 Å². The van der Waals surface area contributed by atoms with Crippen LogP contribution in [-0.2, 0) is 4.79 Å². The minimum absolute atomic E-state index is 0.110. The second-order valence-corrected chi connectivity index (χ2v) is 7.07. The smallest absolute Gasteiger partial charge is 0.320 e. The molecule has 0 spiro atoms. The van der Waals surface area contributed by atoms with Crippen LogP contribution in [-0.4, -0.2) is 46.8 Å². The van der Waals surface area contributed by atoms with Crippen LogP contribution in [0.1, 0.15) is 31.4 Å². The lowest BCUT2D eigenvalue weighted by atomic mass is 9.93. The molecule has 1 aliphatic heterocycles. The Balaban J connectivity index is 1.94. The predicted molar refractivity (Wildman–Crippen MR) is 104 cm³/mol. The van der Waals surface area contributed by atoms with Gasteiger partial charge in [0.05, 0.1) is 15.9 Å². The van der Waals surface area contributed by atoms with Crippen molar-refractivity contribution in [3.63, 3.8) is 0 Å². The number of carbonyl (C=O) groups is 2. The van der Waals surface area contributed by atoms with E-state index in [0.717, 1.165) is 41.8 Å². The molecule has 2 aromatic rings. The molecule has 0 saturated carbocycles. The molecule has 1 aromatic heterocycles. The number of para-hydroxylation sites is 1. The zero-order valence-electron chi connectivity index (χ0n) is 14.8. The number of halogens is 1. The summed E-state index contributed by atoms with van der Waals surface area (Å²) in [5.41, 5.74) is 1.77. The molecule has 0 aliphatic carbocycles. The van der Waals surface area contributed by atoms with Crippen molar-refractivity contribution in [3.05, 3.63) is 40.5 Å². The Bertz CT molecular complexity index is 797. The standard InChI is InChI=1S/C18H22BrN5O2/c1-12(25)23-10-8-13(9-11-23)16-15(19)17(21-18(26)20-2)24(22-16)14-6-4-3-5-7-14/h3-7,13H,8-11H2,1-2H3,(H2,20,21,26). The van der Waals surface area contributed by atoms with Gasteiger partial charge in [0.2, 0.25) is 5.91 Å². The lowest BCUT2D eigenvalue weighted by Crippen LogP contribution is -2.36. The van der Waals surface area contributed by atoms with Crippen LogP contribution in [0.5, 0.6) is 0 Å². The SMILES string of the molecule is CNC(=O)Nc1c(Br)c(C2CCN(C(C)=O)CC2)nn1-c1ccccc1. The summed E-state index contributed by atoms with van der Waals surface area (Å²) in [5, 5.41) is 10.2. The topological polar surface area (TPSA) is 79.3 Å². The Morgan fingerprint density at radius 2 is 1.85 bits per heavy atom. The van der Waals surface area contributed by atoms with Crippen molar-refractivity contribution in [2.45, 2.75) is 25.7 Å². The average Bonchev–Trinajstić information content (AvgIpc) is 2.99. The maximum atomic E-state index is 11.9. The van der Waals surface area contributed by atoms with Crippen molar-refractivity contribution in [2.24, 2.45) is 0 Å². The number of nitrogens with zero attached hydrogens (tertiary/aromatic N) is 3. The molecular formula is C18H22BrN5O2. The molecule has 3 amide bonds. The number of benzene rings is 1. The number of amides is 3. The third-order valence-electron chi connectivity index (χ3n) is 4.64. The van der Waals surface area contributed by atoms with E-state index in [1.807, 2.05) is 35.2 Å². The van der Waals surface area contributed by atoms with E-state index in [2.05, 4.69) is 26.6 Å². The van der Waals surface area contributed by atoms with Gasteiger partial charge in [0.15, 0.2) is 5.82 Å². The second kappa shape index (κ2) is 7.90. The highest BCUT2D eigenvalue weighted by Gasteiger charge is 2.28. The number of aromatic nitrogens is 2. The van der Waals surface area contributed by atoms with Gasteiger partial charge in [-0.25, -0.2) is 9.48 Å². The van der Waals surface area contributed by atoms with Crippen LogP contribution in [0.4, 0.5) is 10.6 Å². The Kier molecular flexibility index (Phi) is 5.61. The second-order valence-electron chi connectivity index (χ2n) is 6.28. The van der Waals surface area contributed by atoms with Gasteiger partial charge >= 0.3 is 6.03 Å². The van der Waals surface area contributed by atoms with Crippen LogP contribution < -0.4 is 10.6 Å². The van der Waals surface area contributed by atoms with Crippen LogP contribution in [0.15, 0.2) is 34.8 Å². The predicted octanol–water partition coefficient (Wildman–Crippen LogP) is 3.11. The molecule has 0 atom stereocenters. The maximum absolute atomic E-state index is 11.9. The van der Waals surface area contributed by atoms with Crippen molar-refractivity contribution < 1.29 is 9.59 Å². The average molecular weight is 420 g/mol. The number of nitrogens with one attached hydrogen (secondary N) is 2. The fraction of sp³-hybridized carbons (Fsp3) is 0.389. The van der Waals surface area contributed by atoms with Crippen LogP contribution in [0.2, 0.25) is 0 Å². The van der Waals surface area contributed by atoms with Gasteiger partial charge < -0.3 is 10.2 Å². The molecule has 3 rings (SSSR count). The monoisotopic (exact) mass is 419 g/mol. The Labute approximate surface area is 160 Å². The maximum Gasteiger partial charge on any atom is 0.320 e. The first-order valence-corrected chi connectivity index (χ1v) is 9.38. The van der Waals surface area contributed by atoms with Crippen molar-refractivity contribution in [2.75, 3.05) is 25.5 Å². The van der Waals surface area contributed by atoms with Crippen molar-refractivity contribution >= 4 is 33.7 Å². The summed E-state index contributed by atoms with van der Waals surface area (Å²) < 4.78 is 2.53. The molecule has 0 unspecified atom stereocenters. The molecule has 0 radical (unpaired) electrons. The lowest BCUT2D eigenvalue weighted by molar-refractivity contribution is -0.129. The number of piperidine rings is 1. The number of anilines is 1. The minimum Gasteiger partial charge on any atom is -0.343 e. The fourth-order valence-corrected chi connectivity index (χ4v) is 3.85. The van der Waals surface area contributed by atoms with Gasteiger partial charge in [-0.05, 0) is 40.9 Å². The minimum atomic E-state index is -0.305. The fourth-order valence-electron chi connectivity index (χ4n) is 3.18. The molecule has 1 aliphatic rings. The molecule has 138 valence electrons. The molecule has 8 heteroatoms. The Morgan fingerprint density at radius 1 is 1.19 bits per heavy atom. The summed E-state index contributed by atoms with van der Waals surface area (Å²) in [6.07, 6.45) is 1.70. The number of hydrogen-bond acceptors (Lipinski definition) is 3. The summed E-state index contributed by atoms with van der Waals surface area (Å²) in [5.74, 6) is 0.939. The summed E-state index contributed by atoms with van der Waals surface area (Å²) >= 11 is 3.63. The van der Waals surface area contributed by atoms with Gasteiger partial charge in [-0.15, -0.1) is 0 Å². The van der Waals surface area contributed by atoms with Gasteiger partial charge in [0.1, 0.15) is 0 Å². The highest BCUT2D eigenvalue weighted by molar-refractivity contribution is 9.10. The third-order valence-corrected chi connectivity index (χ3v) is 5.42. The summed E-state index contributed by atoms with van der Waals surface area (Å²) in [4.78, 5) is 25.3. The Morgan fingerprint density at radius 3 is 2.42 bits per heavy atom. The van der Waals surface area contributed by atoms with Crippen LogP contribution in [0, 0.1) is 0 Å². The Hall–Kier alpha value is -2.35. The van der Waals surface area contributed by atoms with E-state index in [4.69, 9.17) is 5.10 Å². The van der Waals surface area contributed by atoms with E-state index in [1.165, 1.54) is 0 Å². The molecule has 1 saturated heterocycles. The first-order chi connectivity index (χ1) is 12.5. The molecular weight excluding hydrogens is 398 g/mol. The number of urea groups is 1. The van der Waals surface area contributed by atoms with Gasteiger partial charge in [0, 0.05) is 33.0 Å². The highest BCUT2D eigenvalue weighted by Crippen LogP contribution is 2.37. The van der Waals surface area contributed by atoms with Gasteiger partial charge in [-0.1, -0.05) is 18.2 Å². The normalized spacial score (nSPS) is 15.0. The summed E-state index contributed by atoms with van der Waals surface area (Å²) in [6, 6.07) is 9.37. The van der Waals surface area contributed by atoms with Crippen LogP contribution in [0.25, 0.3) is 5.69 Å². The van der Waals surface area contributed by atoms with E-state index in [0.29, 0.717) is 5.82 Å². The largest absolute Gasteiger partial charge is 0.343 e. The lowest BCUT2D eigenvalue weighted by Gasteiger charge is -2.30. The van der Waals surface area contributed by atoms with Gasteiger partial charge in [-0.2, -0.15) is 5.10 Å². The summed E-state index contributed by atoms with van der Waals surface area (Å²) in [6.45, 7) is 3.05. The number of rotatable bonds is 3. The van der Waals surface area contributed by atoms with Crippen LogP contribution >= 0.6 is 15.9 Å². The molecule has 2 heterocycles. The zero-order chi connectivity index (χ0) is 18.7. The number of likely N-dealkylation sites (tertiary alicyclic amines) is 1. The molecule has 2 N–H and O–H groups in total. The van der Waals surface area contributed by atoms with Crippen LogP contribution in [0.3, 0.4) is 0 Å². The quantitative estimate of drug-likeness (QED) is 0.801. The zero-order valence-corrected chi connectivity index (χ0v) is 16.4. The van der Waals surface area contributed by atoms with E-state index in [9.17, 15) is 9.59 Å². The van der Waals surface area contributed by atoms with Gasteiger partial charge in [-0.3, -0.25) is 10.1 Å². The third kappa shape index (κ3) is 3.75. The summed E-state index contributed by atoms with van der Waals surface area (Å²) in [7, 11) is 1.57. The molecule has 1 fully saturated rings. The number of hydrogen-bond donors (Lipinski definition) is 2. The van der Waals surface area contributed by atoms with Crippen molar-refractivity contribution in [1.82, 2.24) is 20.0 Å². The van der Waals surface area contributed by atoms with E-state index < -0.39 is 0 Å². The molecule has 7 nitrogen and oxygen atoms in total. The first kappa shape index (κ1) is 18.4. The van der Waals surface area contributed by atoms with Gasteiger partial charge in [0.25, 0.3) is 0 Å². The molecule has 1 aromatic carbocycles. The highest BCUT2D eigenvalue weighted by atomic mass is 79.9. The van der Waals surface area contributed by atoms with E-state index in [1.54, 1.807) is 18.7 Å². The number of carbonyl (C=O) groups excluding carboxylic acids is 2. The van der Waals surface area contributed by atoms with E-state index in [-0.39, 0.29) is 17.9 Å².